The molecule has 0 saturated carbocycles. The molecular formula is C16H15N3S. The highest BCUT2D eigenvalue weighted by atomic mass is 32.1. The lowest BCUT2D eigenvalue weighted by Crippen LogP contribution is -2.12. The average Bonchev–Trinajstić information content (AvgIpc) is 2.97. The molecule has 0 aliphatic carbocycles. The van der Waals surface area contributed by atoms with Crippen LogP contribution in [0.1, 0.15) is 16.6 Å². The predicted molar refractivity (Wildman–Crippen MR) is 82.4 cm³/mol. The van der Waals surface area contributed by atoms with Crippen LogP contribution in [0.3, 0.4) is 0 Å². The predicted octanol–water partition coefficient (Wildman–Crippen LogP) is 3.45. The summed E-state index contributed by atoms with van der Waals surface area (Å²) in [7, 11) is 0. The van der Waals surface area contributed by atoms with Gasteiger partial charge in [-0.1, -0.05) is 30.3 Å². The smallest absolute Gasteiger partial charge is 0.0951 e. The summed E-state index contributed by atoms with van der Waals surface area (Å²) in [5, 5.41) is 3.13. The van der Waals surface area contributed by atoms with E-state index in [4.69, 9.17) is 5.73 Å². The van der Waals surface area contributed by atoms with E-state index in [2.05, 4.69) is 27.5 Å². The Morgan fingerprint density at radius 3 is 2.55 bits per heavy atom. The number of nitrogens with zero attached hydrogens (tertiary/aromatic N) is 2. The van der Waals surface area contributed by atoms with E-state index in [9.17, 15) is 0 Å². The van der Waals surface area contributed by atoms with Crippen molar-refractivity contribution in [1.29, 1.82) is 0 Å². The molecule has 3 rings (SSSR count). The molecule has 100 valence electrons. The third-order valence-corrected chi connectivity index (χ3v) is 4.02. The average molecular weight is 281 g/mol. The van der Waals surface area contributed by atoms with E-state index < -0.39 is 0 Å². The monoisotopic (exact) mass is 281 g/mol. The number of hydrogen-bond donors (Lipinski definition) is 1. The van der Waals surface area contributed by atoms with Crippen molar-refractivity contribution >= 4 is 11.3 Å². The van der Waals surface area contributed by atoms with Gasteiger partial charge in [0.2, 0.25) is 0 Å². The second kappa shape index (κ2) is 5.94. The fourth-order valence-electron chi connectivity index (χ4n) is 2.07. The van der Waals surface area contributed by atoms with Crippen LogP contribution in [-0.4, -0.2) is 9.97 Å². The van der Waals surface area contributed by atoms with Crippen molar-refractivity contribution in [3.8, 4) is 11.3 Å². The zero-order chi connectivity index (χ0) is 13.8. The highest BCUT2D eigenvalue weighted by Crippen LogP contribution is 2.24. The molecule has 2 N–H and O–H groups in total. The zero-order valence-electron chi connectivity index (χ0n) is 10.9. The van der Waals surface area contributed by atoms with Crippen LogP contribution in [0.4, 0.5) is 0 Å². The number of rotatable bonds is 4. The van der Waals surface area contributed by atoms with Gasteiger partial charge < -0.3 is 5.73 Å². The van der Waals surface area contributed by atoms with Crippen LogP contribution >= 0.6 is 11.3 Å². The Labute approximate surface area is 122 Å². The number of benzene rings is 1. The normalized spacial score (nSPS) is 12.2. The van der Waals surface area contributed by atoms with Gasteiger partial charge in [-0.05, 0) is 17.7 Å². The lowest BCUT2D eigenvalue weighted by Gasteiger charge is -2.09. The summed E-state index contributed by atoms with van der Waals surface area (Å²) in [5.74, 6) is 0. The van der Waals surface area contributed by atoms with Crippen molar-refractivity contribution < 1.29 is 0 Å². The minimum absolute atomic E-state index is 0.00681. The maximum Gasteiger partial charge on any atom is 0.0951 e. The minimum Gasteiger partial charge on any atom is -0.324 e. The lowest BCUT2D eigenvalue weighted by atomic mass is 10.1. The van der Waals surface area contributed by atoms with Gasteiger partial charge in [0.05, 0.1) is 10.7 Å². The first kappa shape index (κ1) is 13.0. The van der Waals surface area contributed by atoms with Gasteiger partial charge in [0.1, 0.15) is 0 Å². The first-order valence-corrected chi connectivity index (χ1v) is 7.36. The van der Waals surface area contributed by atoms with Gasteiger partial charge in [0, 0.05) is 35.8 Å². The van der Waals surface area contributed by atoms with Gasteiger partial charge >= 0.3 is 0 Å². The fourth-order valence-corrected chi connectivity index (χ4v) is 2.93. The van der Waals surface area contributed by atoms with Crippen LogP contribution in [0, 0.1) is 0 Å². The molecule has 20 heavy (non-hydrogen) atoms. The highest BCUT2D eigenvalue weighted by Gasteiger charge is 2.10. The van der Waals surface area contributed by atoms with Gasteiger partial charge in [0.15, 0.2) is 0 Å². The molecule has 0 saturated heterocycles. The van der Waals surface area contributed by atoms with Crippen molar-refractivity contribution in [1.82, 2.24) is 9.97 Å². The molecule has 4 heteroatoms. The van der Waals surface area contributed by atoms with Crippen molar-refractivity contribution in [3.63, 3.8) is 0 Å². The summed E-state index contributed by atoms with van der Waals surface area (Å²) in [6.07, 6.45) is 4.33. The van der Waals surface area contributed by atoms with Crippen molar-refractivity contribution in [2.24, 2.45) is 5.73 Å². The van der Waals surface area contributed by atoms with Gasteiger partial charge in [-0.25, -0.2) is 4.98 Å². The number of nitrogens with two attached hydrogens (primary N) is 1. The van der Waals surface area contributed by atoms with Gasteiger partial charge in [-0.15, -0.1) is 11.3 Å². The van der Waals surface area contributed by atoms with Gasteiger partial charge in [-0.3, -0.25) is 4.98 Å². The largest absolute Gasteiger partial charge is 0.324 e. The maximum absolute atomic E-state index is 6.23. The summed E-state index contributed by atoms with van der Waals surface area (Å²) >= 11 is 1.66. The molecule has 0 fully saturated rings. The van der Waals surface area contributed by atoms with Gasteiger partial charge in [-0.2, -0.15) is 0 Å². The van der Waals surface area contributed by atoms with Crippen LogP contribution < -0.4 is 5.73 Å². The Bertz CT molecular complexity index is 664. The second-order valence-electron chi connectivity index (χ2n) is 4.58. The molecule has 3 aromatic rings. The van der Waals surface area contributed by atoms with E-state index >= 15 is 0 Å². The topological polar surface area (TPSA) is 51.8 Å². The third kappa shape index (κ3) is 2.92. The zero-order valence-corrected chi connectivity index (χ0v) is 11.8. The van der Waals surface area contributed by atoms with Crippen LogP contribution in [-0.2, 0) is 6.42 Å². The molecule has 1 aromatic carbocycles. The summed E-state index contributed by atoms with van der Waals surface area (Å²) in [6, 6.07) is 14.1. The molecule has 2 heterocycles. The minimum atomic E-state index is -0.00681. The molecule has 2 aromatic heterocycles. The number of pyridine rings is 1. The SMILES string of the molecule is NC(Cc1nc(-c2ccncc2)cs1)c1ccccc1. The van der Waals surface area contributed by atoms with E-state index in [0.29, 0.717) is 0 Å². The van der Waals surface area contributed by atoms with Crippen molar-refractivity contribution in [2.45, 2.75) is 12.5 Å². The summed E-state index contributed by atoms with van der Waals surface area (Å²) < 4.78 is 0. The van der Waals surface area contributed by atoms with Gasteiger partial charge in [0.25, 0.3) is 0 Å². The Hall–Kier alpha value is -2.04. The van der Waals surface area contributed by atoms with Crippen molar-refractivity contribution in [2.75, 3.05) is 0 Å². The quantitative estimate of drug-likeness (QED) is 0.797. The van der Waals surface area contributed by atoms with Crippen LogP contribution in [0.15, 0.2) is 60.2 Å². The highest BCUT2D eigenvalue weighted by molar-refractivity contribution is 7.09. The molecular weight excluding hydrogens is 266 g/mol. The molecule has 0 radical (unpaired) electrons. The molecule has 0 spiro atoms. The second-order valence-corrected chi connectivity index (χ2v) is 5.53. The number of aromatic nitrogens is 2. The summed E-state index contributed by atoms with van der Waals surface area (Å²) in [5.41, 5.74) is 9.46. The fraction of sp³-hybridized carbons (Fsp3) is 0.125. The molecule has 0 aliphatic heterocycles. The molecule has 0 aliphatic rings. The standard InChI is InChI=1S/C16H15N3S/c17-14(12-4-2-1-3-5-12)10-16-19-15(11-20-16)13-6-8-18-9-7-13/h1-9,11,14H,10,17H2. The Morgan fingerprint density at radius 1 is 1.05 bits per heavy atom. The molecule has 1 unspecified atom stereocenters. The van der Waals surface area contributed by atoms with E-state index in [1.165, 1.54) is 0 Å². The maximum atomic E-state index is 6.23. The summed E-state index contributed by atoms with van der Waals surface area (Å²) in [6.45, 7) is 0. The number of hydrogen-bond acceptors (Lipinski definition) is 4. The summed E-state index contributed by atoms with van der Waals surface area (Å²) in [4.78, 5) is 8.68. The molecule has 0 bridgehead atoms. The number of thiazole rings is 1. The Balaban J connectivity index is 1.75. The van der Waals surface area contributed by atoms with E-state index in [-0.39, 0.29) is 6.04 Å². The van der Waals surface area contributed by atoms with Crippen LogP contribution in [0.2, 0.25) is 0 Å². The first-order chi connectivity index (χ1) is 9.83. The van der Waals surface area contributed by atoms with E-state index in [0.717, 1.165) is 28.2 Å². The van der Waals surface area contributed by atoms with E-state index in [1.54, 1.807) is 23.7 Å². The Morgan fingerprint density at radius 2 is 1.80 bits per heavy atom. The molecule has 1 atom stereocenters. The molecule has 0 amide bonds. The molecule has 3 nitrogen and oxygen atoms in total. The van der Waals surface area contributed by atoms with Crippen LogP contribution in [0.5, 0.6) is 0 Å². The third-order valence-electron chi connectivity index (χ3n) is 3.15. The first-order valence-electron chi connectivity index (χ1n) is 6.48. The van der Waals surface area contributed by atoms with Crippen LogP contribution in [0.25, 0.3) is 11.3 Å². The Kier molecular flexibility index (Phi) is 3.85. The van der Waals surface area contributed by atoms with Crippen molar-refractivity contribution in [3.05, 3.63) is 70.8 Å². The lowest BCUT2D eigenvalue weighted by molar-refractivity contribution is 0.718. The van der Waals surface area contributed by atoms with E-state index in [1.807, 2.05) is 30.3 Å².